The quantitative estimate of drug-likeness (QED) is 0.254. The largest absolute Gasteiger partial charge is 0.393 e. The van der Waals surface area contributed by atoms with Gasteiger partial charge in [0.2, 0.25) is 0 Å². The summed E-state index contributed by atoms with van der Waals surface area (Å²) in [6, 6.07) is 0. The van der Waals surface area contributed by atoms with Crippen molar-refractivity contribution in [1.29, 1.82) is 0 Å². The molecule has 44 heavy (non-hydrogen) atoms. The molecule has 0 aromatic heterocycles. The number of fused-ring (bicyclic) bond motifs is 7. The van der Waals surface area contributed by atoms with Crippen LogP contribution in [0.25, 0.3) is 0 Å². The zero-order valence-electron chi connectivity index (χ0n) is 28.7. The van der Waals surface area contributed by atoms with Crippen LogP contribution >= 0.6 is 0 Å². The number of aliphatic hydroxyl groups excluding tert-OH is 6. The van der Waals surface area contributed by atoms with Crippen molar-refractivity contribution in [3.05, 3.63) is 0 Å². The molecular weight excluding hydrogens is 560 g/mol. The smallest absolute Gasteiger partial charge is 0.186 e. The predicted molar refractivity (Wildman–Crippen MR) is 166 cm³/mol. The van der Waals surface area contributed by atoms with E-state index in [1.54, 1.807) is 0 Å². The lowest BCUT2D eigenvalue weighted by molar-refractivity contribution is -0.346. The Hall–Kier alpha value is -0.320. The topological polar surface area (TPSA) is 140 Å². The summed E-state index contributed by atoms with van der Waals surface area (Å²) in [7, 11) is 0. The van der Waals surface area contributed by atoms with Crippen LogP contribution in [-0.4, -0.2) is 86.3 Å². The van der Waals surface area contributed by atoms with Crippen molar-refractivity contribution >= 4 is 0 Å². The highest BCUT2D eigenvalue weighted by molar-refractivity contribution is 5.24. The highest BCUT2D eigenvalue weighted by Crippen LogP contribution is 2.80. The van der Waals surface area contributed by atoms with Crippen LogP contribution in [0.15, 0.2) is 0 Å². The van der Waals surface area contributed by atoms with Crippen molar-refractivity contribution in [2.24, 2.45) is 55.7 Å². The Labute approximate surface area is 264 Å². The normalized spacial score (nSPS) is 59.9. The average molecular weight is 623 g/mol. The lowest BCUT2D eigenvalue weighted by Crippen LogP contribution is -2.74. The average Bonchev–Trinajstić information content (AvgIpc) is 2.93. The molecule has 0 spiro atoms. The van der Waals surface area contributed by atoms with Gasteiger partial charge in [-0.2, -0.15) is 0 Å². The molecule has 16 unspecified atom stereocenters. The first kappa shape index (κ1) is 33.6. The van der Waals surface area contributed by atoms with Gasteiger partial charge in [-0.15, -0.1) is 0 Å². The lowest BCUT2D eigenvalue weighted by atomic mass is 9.27. The molecule has 5 aliphatic carbocycles. The summed E-state index contributed by atoms with van der Waals surface area (Å²) >= 11 is 0. The maximum absolute atomic E-state index is 11.4. The van der Waals surface area contributed by atoms with Gasteiger partial charge in [0.15, 0.2) is 6.29 Å². The van der Waals surface area contributed by atoms with Crippen LogP contribution < -0.4 is 0 Å². The van der Waals surface area contributed by atoms with Crippen molar-refractivity contribution in [3.8, 4) is 0 Å². The highest BCUT2D eigenvalue weighted by Gasteiger charge is 2.75. The van der Waals surface area contributed by atoms with Crippen LogP contribution in [0.2, 0.25) is 0 Å². The molecule has 5 saturated carbocycles. The van der Waals surface area contributed by atoms with E-state index < -0.39 is 48.3 Å². The molecule has 16 atom stereocenters. The summed E-state index contributed by atoms with van der Waals surface area (Å²) in [5.41, 5.74) is -1.38. The fraction of sp³-hybridized carbons (Fsp3) is 1.00. The van der Waals surface area contributed by atoms with Crippen LogP contribution in [0.1, 0.15) is 114 Å². The Kier molecular flexibility index (Phi) is 7.71. The fourth-order valence-corrected chi connectivity index (χ4v) is 13.7. The third-order valence-corrected chi connectivity index (χ3v) is 16.8. The molecule has 1 saturated heterocycles. The number of hydrogen-bond donors (Lipinski definition) is 6. The minimum atomic E-state index is -1.39. The number of hydrogen-bond acceptors (Lipinski definition) is 8. The summed E-state index contributed by atoms with van der Waals surface area (Å²) in [6.45, 7) is 20.7. The Morgan fingerprint density at radius 1 is 0.636 bits per heavy atom. The third-order valence-electron chi connectivity index (χ3n) is 16.8. The molecule has 0 aromatic carbocycles. The molecule has 1 aliphatic heterocycles. The van der Waals surface area contributed by atoms with Crippen LogP contribution in [0.5, 0.6) is 0 Å². The summed E-state index contributed by atoms with van der Waals surface area (Å²) in [5, 5.41) is 65.6. The van der Waals surface area contributed by atoms with E-state index in [9.17, 15) is 30.6 Å². The predicted octanol–water partition coefficient (Wildman–Crippen LogP) is 4.01. The van der Waals surface area contributed by atoms with Crippen LogP contribution in [0.4, 0.5) is 0 Å². The number of aliphatic hydroxyl groups is 6. The first-order valence-electron chi connectivity index (χ1n) is 17.5. The van der Waals surface area contributed by atoms with E-state index in [0.717, 1.165) is 44.9 Å². The summed E-state index contributed by atoms with van der Waals surface area (Å²) < 4.78 is 12.6. The van der Waals surface area contributed by atoms with E-state index >= 15 is 0 Å². The van der Waals surface area contributed by atoms with Crippen molar-refractivity contribution in [3.63, 3.8) is 0 Å². The standard InChI is InChI=1S/C36H62O8/c1-30(2)27-21(44-29-26(41)25(40)20(38)18-43-29)17-35(8)22(32(27,5)16-19(37)28(30)42)10-11-23-33(35,6)14-15-36(9)31(3,4)24(39)12-13-34(23,36)7/h19-29,37-42H,10-18H2,1-9H3. The highest BCUT2D eigenvalue weighted by atomic mass is 16.7. The van der Waals surface area contributed by atoms with E-state index in [0.29, 0.717) is 18.3 Å². The zero-order valence-corrected chi connectivity index (χ0v) is 28.7. The van der Waals surface area contributed by atoms with Gasteiger partial charge in [-0.25, -0.2) is 0 Å². The molecule has 6 rings (SSSR count). The number of rotatable bonds is 2. The van der Waals surface area contributed by atoms with Crippen molar-refractivity contribution in [1.82, 2.24) is 0 Å². The minimum Gasteiger partial charge on any atom is -0.393 e. The molecule has 8 nitrogen and oxygen atoms in total. The van der Waals surface area contributed by atoms with Gasteiger partial charge in [0, 0.05) is 0 Å². The molecule has 254 valence electrons. The molecule has 0 bridgehead atoms. The fourth-order valence-electron chi connectivity index (χ4n) is 13.7. The monoisotopic (exact) mass is 622 g/mol. The second-order valence-electron chi connectivity index (χ2n) is 18.7. The molecule has 0 amide bonds. The second kappa shape index (κ2) is 10.1. The molecule has 6 N–H and O–H groups in total. The minimum absolute atomic E-state index is 0.00774. The Balaban J connectivity index is 1.44. The van der Waals surface area contributed by atoms with E-state index in [1.165, 1.54) is 0 Å². The Bertz CT molecular complexity index is 1130. The van der Waals surface area contributed by atoms with E-state index in [-0.39, 0.29) is 51.1 Å². The van der Waals surface area contributed by atoms with Gasteiger partial charge in [0.25, 0.3) is 0 Å². The van der Waals surface area contributed by atoms with Crippen LogP contribution in [0.3, 0.4) is 0 Å². The zero-order chi connectivity index (χ0) is 32.6. The molecular formula is C36H62O8. The SMILES string of the molecule is CC1(C)C(O)C(O)CC2(C)C1C(OC1OCC(O)C(O)C1O)CC1(C)C2CCC2C1(C)CCC1(C)C(C)(C)C(O)CCC21C. The Morgan fingerprint density at radius 3 is 1.93 bits per heavy atom. The van der Waals surface area contributed by atoms with Crippen LogP contribution in [0, 0.1) is 55.7 Å². The van der Waals surface area contributed by atoms with Gasteiger partial charge < -0.3 is 40.1 Å². The van der Waals surface area contributed by atoms with Gasteiger partial charge in [-0.3, -0.25) is 0 Å². The van der Waals surface area contributed by atoms with Gasteiger partial charge in [-0.05, 0) is 107 Å². The Morgan fingerprint density at radius 2 is 1.27 bits per heavy atom. The van der Waals surface area contributed by atoms with Gasteiger partial charge in [-0.1, -0.05) is 62.3 Å². The van der Waals surface area contributed by atoms with E-state index in [4.69, 9.17) is 9.47 Å². The molecule has 1 heterocycles. The summed E-state index contributed by atoms with van der Waals surface area (Å²) in [4.78, 5) is 0. The first-order chi connectivity index (χ1) is 20.1. The van der Waals surface area contributed by atoms with Crippen molar-refractivity contribution in [2.45, 2.75) is 163 Å². The molecule has 6 fully saturated rings. The summed E-state index contributed by atoms with van der Waals surface area (Å²) in [5.74, 6) is 0.616. The van der Waals surface area contributed by atoms with E-state index in [2.05, 4.69) is 48.5 Å². The molecule has 0 radical (unpaired) electrons. The van der Waals surface area contributed by atoms with Crippen molar-refractivity contribution < 1.29 is 40.1 Å². The summed E-state index contributed by atoms with van der Waals surface area (Å²) in [6.07, 6.45) is -0.245. The van der Waals surface area contributed by atoms with Gasteiger partial charge in [0.1, 0.15) is 18.3 Å². The van der Waals surface area contributed by atoms with E-state index in [1.807, 2.05) is 13.8 Å². The van der Waals surface area contributed by atoms with Gasteiger partial charge >= 0.3 is 0 Å². The van der Waals surface area contributed by atoms with Crippen LogP contribution in [-0.2, 0) is 9.47 Å². The first-order valence-corrected chi connectivity index (χ1v) is 17.5. The third kappa shape index (κ3) is 3.98. The molecule has 6 aliphatic rings. The molecule has 0 aromatic rings. The number of ether oxygens (including phenoxy) is 2. The molecule has 8 heteroatoms. The lowest BCUT2D eigenvalue weighted by Gasteiger charge is -2.78. The maximum Gasteiger partial charge on any atom is 0.186 e. The van der Waals surface area contributed by atoms with Crippen molar-refractivity contribution in [2.75, 3.05) is 6.61 Å². The van der Waals surface area contributed by atoms with Gasteiger partial charge in [0.05, 0.1) is 31.0 Å². The maximum atomic E-state index is 11.4. The second-order valence-corrected chi connectivity index (χ2v) is 18.7.